The van der Waals surface area contributed by atoms with Crippen LogP contribution in [0.2, 0.25) is 0 Å². The van der Waals surface area contributed by atoms with E-state index in [1.165, 1.54) is 5.56 Å². The third-order valence-corrected chi connectivity index (χ3v) is 3.09. The number of aryl methyl sites for hydroxylation is 2. The van der Waals surface area contributed by atoms with E-state index in [4.69, 9.17) is 4.52 Å². The topological polar surface area (TPSA) is 42.2 Å². The van der Waals surface area contributed by atoms with Gasteiger partial charge in [-0.2, -0.15) is 0 Å². The van der Waals surface area contributed by atoms with Gasteiger partial charge in [0.25, 0.3) is 0 Å². The van der Waals surface area contributed by atoms with Gasteiger partial charge in [0, 0.05) is 37.0 Å². The molecule has 2 heterocycles. The minimum atomic E-state index is 0.869. The molecule has 0 spiro atoms. The van der Waals surface area contributed by atoms with E-state index in [1.807, 2.05) is 32.2 Å². The number of aromatic nitrogens is 2. The molecule has 0 unspecified atom stereocenters. The Balaban J connectivity index is 1.88. The number of hydrogen-bond donors (Lipinski definition) is 0. The lowest BCUT2D eigenvalue weighted by Crippen LogP contribution is -2.21. The first-order valence-corrected chi connectivity index (χ1v) is 6.17. The molecule has 0 saturated carbocycles. The standard InChI is InChI=1S/C14H19N3O/c1-11-14(12(2)18-16-11)10-17(3)9-7-13-6-4-5-8-15-13/h4-6,8H,7,9-10H2,1-3H3. The molecule has 0 aliphatic carbocycles. The average Bonchev–Trinajstić information content (AvgIpc) is 2.69. The van der Waals surface area contributed by atoms with Crippen LogP contribution in [0.15, 0.2) is 28.9 Å². The van der Waals surface area contributed by atoms with Crippen molar-refractivity contribution in [3.8, 4) is 0 Å². The minimum absolute atomic E-state index is 0.869. The predicted molar refractivity (Wildman–Crippen MR) is 70.3 cm³/mol. The van der Waals surface area contributed by atoms with Crippen molar-refractivity contribution in [2.24, 2.45) is 0 Å². The van der Waals surface area contributed by atoms with Crippen molar-refractivity contribution >= 4 is 0 Å². The van der Waals surface area contributed by atoms with Crippen LogP contribution in [0.3, 0.4) is 0 Å². The van der Waals surface area contributed by atoms with Crippen molar-refractivity contribution in [2.75, 3.05) is 13.6 Å². The van der Waals surface area contributed by atoms with E-state index in [2.05, 4.69) is 28.2 Å². The summed E-state index contributed by atoms with van der Waals surface area (Å²) >= 11 is 0. The maximum absolute atomic E-state index is 5.17. The lowest BCUT2D eigenvalue weighted by Gasteiger charge is -2.15. The lowest BCUT2D eigenvalue weighted by atomic mass is 10.2. The maximum Gasteiger partial charge on any atom is 0.138 e. The molecule has 2 aromatic rings. The van der Waals surface area contributed by atoms with Crippen LogP contribution in [-0.4, -0.2) is 28.6 Å². The molecule has 0 aliphatic heterocycles. The molecule has 0 aromatic carbocycles. The minimum Gasteiger partial charge on any atom is -0.361 e. The molecular weight excluding hydrogens is 226 g/mol. The van der Waals surface area contributed by atoms with Crippen LogP contribution in [0.5, 0.6) is 0 Å². The number of hydrogen-bond acceptors (Lipinski definition) is 4. The summed E-state index contributed by atoms with van der Waals surface area (Å²) in [6, 6.07) is 6.03. The van der Waals surface area contributed by atoms with Crippen LogP contribution in [-0.2, 0) is 13.0 Å². The first-order valence-electron chi connectivity index (χ1n) is 6.17. The molecule has 0 atom stereocenters. The van der Waals surface area contributed by atoms with Crippen molar-refractivity contribution < 1.29 is 4.52 Å². The molecule has 2 aromatic heterocycles. The van der Waals surface area contributed by atoms with Crippen LogP contribution in [0.4, 0.5) is 0 Å². The molecule has 18 heavy (non-hydrogen) atoms. The normalized spacial score (nSPS) is 11.1. The second kappa shape index (κ2) is 5.78. The summed E-state index contributed by atoms with van der Waals surface area (Å²) in [5.74, 6) is 0.914. The molecule has 0 amide bonds. The molecule has 0 fully saturated rings. The quantitative estimate of drug-likeness (QED) is 0.811. The second-order valence-corrected chi connectivity index (χ2v) is 4.61. The smallest absolute Gasteiger partial charge is 0.138 e. The first-order chi connectivity index (χ1) is 8.66. The van der Waals surface area contributed by atoms with E-state index in [1.54, 1.807) is 0 Å². The van der Waals surface area contributed by atoms with Gasteiger partial charge in [-0.05, 0) is 33.0 Å². The molecule has 0 N–H and O–H groups in total. The van der Waals surface area contributed by atoms with Gasteiger partial charge in [-0.15, -0.1) is 0 Å². The summed E-state index contributed by atoms with van der Waals surface area (Å²) in [5.41, 5.74) is 3.30. The summed E-state index contributed by atoms with van der Waals surface area (Å²) in [6.07, 6.45) is 2.80. The van der Waals surface area contributed by atoms with E-state index in [0.717, 1.165) is 36.7 Å². The fraction of sp³-hybridized carbons (Fsp3) is 0.429. The van der Waals surface area contributed by atoms with Gasteiger partial charge >= 0.3 is 0 Å². The average molecular weight is 245 g/mol. The number of pyridine rings is 1. The molecule has 0 bridgehead atoms. The largest absolute Gasteiger partial charge is 0.361 e. The van der Waals surface area contributed by atoms with Gasteiger partial charge in [0.2, 0.25) is 0 Å². The molecule has 4 heteroatoms. The summed E-state index contributed by atoms with van der Waals surface area (Å²) < 4.78 is 5.17. The zero-order valence-electron chi connectivity index (χ0n) is 11.2. The van der Waals surface area contributed by atoms with E-state index < -0.39 is 0 Å². The second-order valence-electron chi connectivity index (χ2n) is 4.61. The molecule has 96 valence electrons. The Morgan fingerprint density at radius 1 is 1.28 bits per heavy atom. The Hall–Kier alpha value is -1.68. The SMILES string of the molecule is Cc1noc(C)c1CN(C)CCc1ccccn1. The Labute approximate surface area is 108 Å². The van der Waals surface area contributed by atoms with E-state index in [0.29, 0.717) is 0 Å². The van der Waals surface area contributed by atoms with E-state index in [-0.39, 0.29) is 0 Å². The highest BCUT2D eigenvalue weighted by Gasteiger charge is 2.11. The molecule has 4 nitrogen and oxygen atoms in total. The van der Waals surface area contributed by atoms with Gasteiger partial charge in [-0.3, -0.25) is 4.98 Å². The monoisotopic (exact) mass is 245 g/mol. The summed E-state index contributed by atoms with van der Waals surface area (Å²) in [7, 11) is 2.11. The lowest BCUT2D eigenvalue weighted by molar-refractivity contribution is 0.325. The van der Waals surface area contributed by atoms with E-state index in [9.17, 15) is 0 Å². The molecular formula is C14H19N3O. The van der Waals surface area contributed by atoms with Gasteiger partial charge in [-0.25, -0.2) is 0 Å². The Bertz CT molecular complexity index is 473. The third-order valence-electron chi connectivity index (χ3n) is 3.09. The fourth-order valence-electron chi connectivity index (χ4n) is 1.93. The van der Waals surface area contributed by atoms with Crippen molar-refractivity contribution in [3.63, 3.8) is 0 Å². The van der Waals surface area contributed by atoms with Gasteiger partial charge < -0.3 is 9.42 Å². The van der Waals surface area contributed by atoms with Gasteiger partial charge in [0.1, 0.15) is 5.76 Å². The maximum atomic E-state index is 5.17. The van der Waals surface area contributed by atoms with Crippen molar-refractivity contribution in [2.45, 2.75) is 26.8 Å². The van der Waals surface area contributed by atoms with Crippen molar-refractivity contribution in [1.29, 1.82) is 0 Å². The number of likely N-dealkylation sites (N-methyl/N-ethyl adjacent to an activating group) is 1. The highest BCUT2D eigenvalue weighted by Crippen LogP contribution is 2.14. The van der Waals surface area contributed by atoms with Crippen LogP contribution >= 0.6 is 0 Å². The number of rotatable bonds is 5. The Morgan fingerprint density at radius 3 is 2.72 bits per heavy atom. The highest BCUT2D eigenvalue weighted by molar-refractivity contribution is 5.20. The summed E-state index contributed by atoms with van der Waals surface area (Å²) in [6.45, 7) is 5.79. The predicted octanol–water partition coefficient (Wildman–Crippen LogP) is 2.36. The summed E-state index contributed by atoms with van der Waals surface area (Å²) in [4.78, 5) is 6.59. The van der Waals surface area contributed by atoms with Crippen LogP contribution in [0, 0.1) is 13.8 Å². The third kappa shape index (κ3) is 3.17. The number of nitrogens with zero attached hydrogens (tertiary/aromatic N) is 3. The Kier molecular flexibility index (Phi) is 4.10. The Morgan fingerprint density at radius 2 is 2.11 bits per heavy atom. The van der Waals surface area contributed by atoms with Gasteiger partial charge in [-0.1, -0.05) is 11.2 Å². The molecule has 2 rings (SSSR count). The van der Waals surface area contributed by atoms with Gasteiger partial charge in [0.15, 0.2) is 0 Å². The van der Waals surface area contributed by atoms with Crippen LogP contribution in [0.25, 0.3) is 0 Å². The molecule has 0 saturated heterocycles. The zero-order chi connectivity index (χ0) is 13.0. The zero-order valence-corrected chi connectivity index (χ0v) is 11.2. The van der Waals surface area contributed by atoms with Crippen molar-refractivity contribution in [3.05, 3.63) is 47.1 Å². The van der Waals surface area contributed by atoms with E-state index >= 15 is 0 Å². The van der Waals surface area contributed by atoms with Crippen molar-refractivity contribution in [1.82, 2.24) is 15.0 Å². The highest BCUT2D eigenvalue weighted by atomic mass is 16.5. The van der Waals surface area contributed by atoms with Gasteiger partial charge in [0.05, 0.1) is 5.69 Å². The van der Waals surface area contributed by atoms with Crippen LogP contribution in [0.1, 0.15) is 22.7 Å². The first kappa shape index (κ1) is 12.8. The van der Waals surface area contributed by atoms with Crippen LogP contribution < -0.4 is 0 Å². The molecule has 0 radical (unpaired) electrons. The fourth-order valence-corrected chi connectivity index (χ4v) is 1.93. The summed E-state index contributed by atoms with van der Waals surface area (Å²) in [5, 5.41) is 3.97. The molecule has 0 aliphatic rings.